The van der Waals surface area contributed by atoms with E-state index in [9.17, 15) is 4.79 Å². The van der Waals surface area contributed by atoms with Gasteiger partial charge in [0.1, 0.15) is 0 Å². The Kier molecular flexibility index (Phi) is 3.71. The van der Waals surface area contributed by atoms with E-state index in [2.05, 4.69) is 5.32 Å². The number of anilines is 2. The molecule has 0 saturated heterocycles. The number of amides is 1. The number of nitrogen functional groups attached to an aromatic ring is 1. The highest BCUT2D eigenvalue weighted by Gasteiger charge is 2.03. The molecule has 4 nitrogen and oxygen atoms in total. The lowest BCUT2D eigenvalue weighted by molar-refractivity contribution is 0.1000. The van der Waals surface area contributed by atoms with Gasteiger partial charge in [0.2, 0.25) is 5.91 Å². The number of nitrogens with one attached hydrogen (secondary N) is 1. The first-order valence-electron chi connectivity index (χ1n) is 6.05. The minimum absolute atomic E-state index is 0.409. The minimum atomic E-state index is -0.409. The average molecular weight is 255 g/mol. The Morgan fingerprint density at radius 3 is 2.42 bits per heavy atom. The number of carbonyl (C=O) groups excluding carboxylic acids is 1. The molecule has 0 fully saturated rings. The summed E-state index contributed by atoms with van der Waals surface area (Å²) in [6.07, 6.45) is 0. The molecule has 0 spiro atoms. The predicted molar refractivity (Wildman–Crippen MR) is 77.9 cm³/mol. The van der Waals surface area contributed by atoms with Gasteiger partial charge in [0.25, 0.3) is 0 Å². The topological polar surface area (TPSA) is 81.1 Å². The normalized spacial score (nSPS) is 10.2. The zero-order valence-corrected chi connectivity index (χ0v) is 10.8. The number of benzene rings is 2. The quantitative estimate of drug-likeness (QED) is 0.733. The zero-order valence-electron chi connectivity index (χ0n) is 10.8. The molecule has 2 rings (SSSR count). The maximum atomic E-state index is 11.1. The largest absolute Gasteiger partial charge is 0.399 e. The van der Waals surface area contributed by atoms with Gasteiger partial charge < -0.3 is 16.8 Å². The summed E-state index contributed by atoms with van der Waals surface area (Å²) >= 11 is 0. The first kappa shape index (κ1) is 13.0. The van der Waals surface area contributed by atoms with Crippen molar-refractivity contribution < 1.29 is 4.79 Å². The second-order valence-corrected chi connectivity index (χ2v) is 4.49. The number of nitrogens with two attached hydrogens (primary N) is 2. The summed E-state index contributed by atoms with van der Waals surface area (Å²) in [7, 11) is 0. The van der Waals surface area contributed by atoms with Crippen LogP contribution in [0.3, 0.4) is 0 Å². The number of primary amides is 1. The summed E-state index contributed by atoms with van der Waals surface area (Å²) in [5.74, 6) is -0.409. The van der Waals surface area contributed by atoms with E-state index in [1.54, 1.807) is 12.1 Å². The number of carbonyl (C=O) groups is 1. The molecule has 0 bridgehead atoms. The summed E-state index contributed by atoms with van der Waals surface area (Å²) in [6, 6.07) is 13.1. The van der Waals surface area contributed by atoms with Gasteiger partial charge in [-0.2, -0.15) is 0 Å². The molecule has 0 saturated carbocycles. The second-order valence-electron chi connectivity index (χ2n) is 4.49. The molecule has 4 heteroatoms. The van der Waals surface area contributed by atoms with Crippen LogP contribution in [0.25, 0.3) is 0 Å². The van der Waals surface area contributed by atoms with Crippen molar-refractivity contribution in [1.82, 2.24) is 0 Å². The molecule has 5 N–H and O–H groups in total. The van der Waals surface area contributed by atoms with Crippen LogP contribution in [0.1, 0.15) is 21.5 Å². The standard InChI is InChI=1S/C15H17N3O/c1-10-8-12(15(17)19)4-7-14(10)18-9-11-2-5-13(16)6-3-11/h2-8,18H,9,16H2,1H3,(H2,17,19). The minimum Gasteiger partial charge on any atom is -0.399 e. The van der Waals surface area contributed by atoms with Gasteiger partial charge in [0.05, 0.1) is 0 Å². The molecular formula is C15H17N3O. The Labute approximate surface area is 112 Å². The molecule has 0 aliphatic heterocycles. The van der Waals surface area contributed by atoms with Crippen molar-refractivity contribution in [3.05, 3.63) is 59.2 Å². The Hall–Kier alpha value is -2.49. The first-order chi connectivity index (χ1) is 9.06. The van der Waals surface area contributed by atoms with Gasteiger partial charge >= 0.3 is 0 Å². The molecule has 2 aromatic rings. The Morgan fingerprint density at radius 2 is 1.84 bits per heavy atom. The van der Waals surface area contributed by atoms with Gasteiger partial charge in [-0.15, -0.1) is 0 Å². The van der Waals surface area contributed by atoms with Crippen LogP contribution in [0.15, 0.2) is 42.5 Å². The van der Waals surface area contributed by atoms with Gasteiger partial charge in [-0.1, -0.05) is 12.1 Å². The van der Waals surface area contributed by atoms with Gasteiger partial charge in [0, 0.05) is 23.5 Å². The third kappa shape index (κ3) is 3.25. The molecule has 0 aliphatic carbocycles. The Bertz CT molecular complexity index is 591. The number of hydrogen-bond donors (Lipinski definition) is 3. The number of hydrogen-bond acceptors (Lipinski definition) is 3. The van der Waals surface area contributed by atoms with Crippen LogP contribution in [-0.2, 0) is 6.54 Å². The zero-order chi connectivity index (χ0) is 13.8. The van der Waals surface area contributed by atoms with Crippen LogP contribution in [-0.4, -0.2) is 5.91 Å². The SMILES string of the molecule is Cc1cc(C(N)=O)ccc1NCc1ccc(N)cc1. The fourth-order valence-corrected chi connectivity index (χ4v) is 1.85. The molecular weight excluding hydrogens is 238 g/mol. The van der Waals surface area contributed by atoms with E-state index in [1.807, 2.05) is 37.3 Å². The smallest absolute Gasteiger partial charge is 0.248 e. The van der Waals surface area contributed by atoms with E-state index < -0.39 is 5.91 Å². The molecule has 19 heavy (non-hydrogen) atoms. The monoisotopic (exact) mass is 255 g/mol. The Morgan fingerprint density at radius 1 is 1.16 bits per heavy atom. The molecule has 0 aromatic heterocycles. The summed E-state index contributed by atoms with van der Waals surface area (Å²) in [4.78, 5) is 11.1. The van der Waals surface area contributed by atoms with Gasteiger partial charge in [0.15, 0.2) is 0 Å². The third-order valence-corrected chi connectivity index (χ3v) is 2.97. The lowest BCUT2D eigenvalue weighted by Crippen LogP contribution is -2.11. The molecule has 0 unspecified atom stereocenters. The van der Waals surface area contributed by atoms with Gasteiger partial charge in [-0.25, -0.2) is 0 Å². The van der Waals surface area contributed by atoms with E-state index >= 15 is 0 Å². The van der Waals surface area contributed by atoms with Crippen molar-refractivity contribution in [1.29, 1.82) is 0 Å². The van der Waals surface area contributed by atoms with Gasteiger partial charge in [-0.05, 0) is 48.4 Å². The van der Waals surface area contributed by atoms with Crippen molar-refractivity contribution in [2.45, 2.75) is 13.5 Å². The van der Waals surface area contributed by atoms with Crippen LogP contribution < -0.4 is 16.8 Å². The fraction of sp³-hybridized carbons (Fsp3) is 0.133. The van der Waals surface area contributed by atoms with Crippen LogP contribution >= 0.6 is 0 Å². The predicted octanol–water partition coefficient (Wildman–Crippen LogP) is 2.29. The lowest BCUT2D eigenvalue weighted by atomic mass is 10.1. The van der Waals surface area contributed by atoms with Crippen molar-refractivity contribution >= 4 is 17.3 Å². The van der Waals surface area contributed by atoms with Crippen LogP contribution in [0.4, 0.5) is 11.4 Å². The summed E-state index contributed by atoms with van der Waals surface area (Å²) < 4.78 is 0. The average Bonchev–Trinajstić information content (AvgIpc) is 2.39. The maximum absolute atomic E-state index is 11.1. The third-order valence-electron chi connectivity index (χ3n) is 2.97. The number of aryl methyl sites for hydroxylation is 1. The van der Waals surface area contributed by atoms with E-state index in [0.717, 1.165) is 22.5 Å². The van der Waals surface area contributed by atoms with Crippen molar-refractivity contribution in [2.75, 3.05) is 11.1 Å². The Balaban J connectivity index is 2.07. The summed E-state index contributed by atoms with van der Waals surface area (Å²) in [5, 5.41) is 3.32. The molecule has 1 amide bonds. The highest BCUT2D eigenvalue weighted by molar-refractivity contribution is 5.93. The maximum Gasteiger partial charge on any atom is 0.248 e. The van der Waals surface area contributed by atoms with Crippen molar-refractivity contribution in [3.63, 3.8) is 0 Å². The molecule has 0 atom stereocenters. The highest BCUT2D eigenvalue weighted by Crippen LogP contribution is 2.17. The van der Waals surface area contributed by atoms with Crippen LogP contribution in [0, 0.1) is 6.92 Å². The van der Waals surface area contributed by atoms with Crippen molar-refractivity contribution in [3.8, 4) is 0 Å². The van der Waals surface area contributed by atoms with Crippen LogP contribution in [0.5, 0.6) is 0 Å². The van der Waals surface area contributed by atoms with E-state index in [1.165, 1.54) is 0 Å². The summed E-state index contributed by atoms with van der Waals surface area (Å²) in [5.41, 5.74) is 15.3. The second kappa shape index (κ2) is 5.44. The molecule has 2 aromatic carbocycles. The van der Waals surface area contributed by atoms with E-state index in [0.29, 0.717) is 12.1 Å². The summed E-state index contributed by atoms with van der Waals surface area (Å²) in [6.45, 7) is 2.65. The van der Waals surface area contributed by atoms with Gasteiger partial charge in [-0.3, -0.25) is 4.79 Å². The molecule has 0 radical (unpaired) electrons. The first-order valence-corrected chi connectivity index (χ1v) is 6.05. The van der Waals surface area contributed by atoms with E-state index in [4.69, 9.17) is 11.5 Å². The fourth-order valence-electron chi connectivity index (χ4n) is 1.85. The molecule has 98 valence electrons. The van der Waals surface area contributed by atoms with Crippen LogP contribution in [0.2, 0.25) is 0 Å². The highest BCUT2D eigenvalue weighted by atomic mass is 16.1. The van der Waals surface area contributed by atoms with E-state index in [-0.39, 0.29) is 0 Å². The lowest BCUT2D eigenvalue weighted by Gasteiger charge is -2.10. The number of rotatable bonds is 4. The molecule has 0 aliphatic rings. The van der Waals surface area contributed by atoms with Crippen molar-refractivity contribution in [2.24, 2.45) is 5.73 Å². The molecule has 0 heterocycles.